The molecular weight excluding hydrogens is 447 g/mol. The van der Waals surface area contributed by atoms with E-state index >= 15 is 0 Å². The molecule has 2 heterocycles. The first-order chi connectivity index (χ1) is 14.0. The van der Waals surface area contributed by atoms with Gasteiger partial charge in [0.15, 0.2) is 0 Å². The number of aliphatic hydroxyl groups is 2. The van der Waals surface area contributed by atoms with E-state index in [1.807, 2.05) is 44.2 Å². The second-order valence-electron chi connectivity index (χ2n) is 10.6. The molecule has 5 rings (SSSR count). The molecule has 30 heavy (non-hydrogen) atoms. The SMILES string of the molecule is C[C@H]1O[C@@]2(C)[C@H]3C(=C1[Se](=O)c1ccccc1)O[C@H]1CCC(C)(C)[C@H]([C@H](O)[C@@H]2O)[C@]13C. The molecule has 0 aromatic heterocycles. The minimum absolute atomic E-state index is 0.0736. The average Bonchev–Trinajstić information content (AvgIpc) is 2.99. The fourth-order valence-electron chi connectivity index (χ4n) is 7.35. The van der Waals surface area contributed by atoms with Crippen LogP contribution in [-0.4, -0.2) is 54.1 Å². The molecule has 1 unspecified atom stereocenters. The summed E-state index contributed by atoms with van der Waals surface area (Å²) < 4.78 is 28.4. The minimum atomic E-state index is -2.58. The summed E-state index contributed by atoms with van der Waals surface area (Å²) in [6, 6.07) is 9.54. The van der Waals surface area contributed by atoms with Crippen LogP contribution in [0, 0.1) is 22.7 Å². The first kappa shape index (κ1) is 20.8. The Labute approximate surface area is 182 Å². The van der Waals surface area contributed by atoms with Crippen molar-refractivity contribution >= 4 is 18.3 Å². The topological polar surface area (TPSA) is 76.0 Å². The van der Waals surface area contributed by atoms with E-state index in [1.54, 1.807) is 0 Å². The summed E-state index contributed by atoms with van der Waals surface area (Å²) in [5.74, 6) is 0.406. The Kier molecular flexibility index (Phi) is 4.51. The standard InChI is InChI=1S/C24H32O5Se/c1-13-18(30(27)14-9-7-6-8-10-14)17-20-23(4)15(28-17)11-12-22(2,3)19(23)16(25)21(26)24(20,5)29-13/h6-10,13,15-16,19-21,25-26H,11-12H2,1-5H3/t13-,15+,16+,19+,20+,21+,23+,24+,30?/m1/s1. The van der Waals surface area contributed by atoms with Crippen molar-refractivity contribution < 1.29 is 23.5 Å². The summed E-state index contributed by atoms with van der Waals surface area (Å²) in [5.41, 5.74) is -1.51. The van der Waals surface area contributed by atoms with Crippen LogP contribution >= 0.6 is 0 Å². The van der Waals surface area contributed by atoms with Crippen LogP contribution < -0.4 is 4.46 Å². The summed E-state index contributed by atoms with van der Waals surface area (Å²) in [4.78, 5) is 0. The summed E-state index contributed by atoms with van der Waals surface area (Å²) in [6.07, 6.45) is -0.635. The van der Waals surface area contributed by atoms with Gasteiger partial charge in [-0.05, 0) is 0 Å². The fourth-order valence-corrected chi connectivity index (χ4v) is 10.2. The molecule has 0 radical (unpaired) electrons. The monoisotopic (exact) mass is 480 g/mol. The Morgan fingerprint density at radius 1 is 1.10 bits per heavy atom. The van der Waals surface area contributed by atoms with Crippen LogP contribution in [0.5, 0.6) is 0 Å². The van der Waals surface area contributed by atoms with Gasteiger partial charge >= 0.3 is 183 Å². The number of rotatable bonds is 2. The van der Waals surface area contributed by atoms with Gasteiger partial charge < -0.3 is 0 Å². The first-order valence-corrected chi connectivity index (χ1v) is 13.4. The average molecular weight is 479 g/mol. The zero-order chi connectivity index (χ0) is 21.6. The Bertz CT molecular complexity index is 927. The van der Waals surface area contributed by atoms with Gasteiger partial charge in [-0.1, -0.05) is 0 Å². The van der Waals surface area contributed by atoms with E-state index in [-0.39, 0.29) is 23.4 Å². The van der Waals surface area contributed by atoms with Crippen LogP contribution in [0.3, 0.4) is 0 Å². The van der Waals surface area contributed by atoms with Crippen LogP contribution in [0.1, 0.15) is 47.5 Å². The molecule has 9 atom stereocenters. The first-order valence-electron chi connectivity index (χ1n) is 10.9. The number of aliphatic hydroxyl groups excluding tert-OH is 2. The molecule has 0 spiro atoms. The molecule has 4 aliphatic rings. The fraction of sp³-hybridized carbons (Fsp3) is 0.667. The third-order valence-corrected chi connectivity index (χ3v) is 11.9. The molecule has 1 aromatic carbocycles. The molecule has 0 bridgehead atoms. The van der Waals surface area contributed by atoms with E-state index in [0.29, 0.717) is 0 Å². The number of hydrogen-bond acceptors (Lipinski definition) is 5. The molecule has 2 saturated carbocycles. The van der Waals surface area contributed by atoms with Crippen molar-refractivity contribution in [3.63, 3.8) is 0 Å². The molecule has 1 aromatic rings. The Morgan fingerprint density at radius 3 is 2.43 bits per heavy atom. The molecule has 164 valence electrons. The van der Waals surface area contributed by atoms with Crippen molar-refractivity contribution in [2.24, 2.45) is 22.7 Å². The van der Waals surface area contributed by atoms with Crippen molar-refractivity contribution in [1.82, 2.24) is 0 Å². The summed E-state index contributed by atoms with van der Waals surface area (Å²) in [6.45, 7) is 10.3. The third-order valence-electron chi connectivity index (χ3n) is 8.44. The van der Waals surface area contributed by atoms with Crippen molar-refractivity contribution in [2.45, 2.75) is 77.5 Å². The maximum atomic E-state index is 13.7. The molecule has 3 fully saturated rings. The van der Waals surface area contributed by atoms with E-state index in [4.69, 9.17) is 9.47 Å². The van der Waals surface area contributed by atoms with Gasteiger partial charge in [0.25, 0.3) is 0 Å². The second-order valence-corrected chi connectivity index (χ2v) is 13.6. The molecule has 6 heteroatoms. The van der Waals surface area contributed by atoms with Gasteiger partial charge in [0.1, 0.15) is 0 Å². The maximum absolute atomic E-state index is 13.7. The van der Waals surface area contributed by atoms with E-state index in [9.17, 15) is 14.0 Å². The molecule has 1 saturated heterocycles. The molecule has 5 nitrogen and oxygen atoms in total. The van der Waals surface area contributed by atoms with E-state index in [2.05, 4.69) is 20.8 Å². The predicted octanol–water partition coefficient (Wildman–Crippen LogP) is 2.48. The molecule has 2 aliphatic heterocycles. The van der Waals surface area contributed by atoms with Crippen LogP contribution in [0.25, 0.3) is 0 Å². The third kappa shape index (κ3) is 2.46. The van der Waals surface area contributed by atoms with Crippen LogP contribution in [0.15, 0.2) is 40.6 Å². The molecule has 2 N–H and O–H groups in total. The van der Waals surface area contributed by atoms with Gasteiger partial charge in [0.2, 0.25) is 0 Å². The van der Waals surface area contributed by atoms with Crippen molar-refractivity contribution in [1.29, 1.82) is 0 Å². The normalized spacial score (nSPS) is 47.4. The van der Waals surface area contributed by atoms with Gasteiger partial charge in [-0.3, -0.25) is 0 Å². The van der Waals surface area contributed by atoms with Crippen molar-refractivity contribution in [2.75, 3.05) is 0 Å². The van der Waals surface area contributed by atoms with E-state index < -0.39 is 43.2 Å². The Balaban J connectivity index is 1.73. The van der Waals surface area contributed by atoms with Crippen molar-refractivity contribution in [3.05, 3.63) is 40.6 Å². The van der Waals surface area contributed by atoms with Gasteiger partial charge in [0, 0.05) is 0 Å². The predicted molar refractivity (Wildman–Crippen MR) is 113 cm³/mol. The quantitative estimate of drug-likeness (QED) is 0.638. The summed E-state index contributed by atoms with van der Waals surface area (Å²) in [5, 5.41) is 22.6. The molecular formula is C24H32O5Se. The van der Waals surface area contributed by atoms with Gasteiger partial charge in [-0.25, -0.2) is 0 Å². The number of hydrogen-bond donors (Lipinski definition) is 2. The summed E-state index contributed by atoms with van der Waals surface area (Å²) in [7, 11) is 0. The number of benzene rings is 1. The van der Waals surface area contributed by atoms with Gasteiger partial charge in [-0.15, -0.1) is 0 Å². The summed E-state index contributed by atoms with van der Waals surface area (Å²) >= 11 is -2.58. The second kappa shape index (κ2) is 6.49. The molecule has 0 amide bonds. The Morgan fingerprint density at radius 2 is 1.77 bits per heavy atom. The Hall–Kier alpha value is -1.04. The van der Waals surface area contributed by atoms with E-state index in [0.717, 1.165) is 27.5 Å². The molecule has 2 aliphatic carbocycles. The van der Waals surface area contributed by atoms with Crippen molar-refractivity contribution in [3.8, 4) is 0 Å². The van der Waals surface area contributed by atoms with Crippen LogP contribution in [0.4, 0.5) is 0 Å². The van der Waals surface area contributed by atoms with Crippen LogP contribution in [0.2, 0.25) is 0 Å². The zero-order valence-corrected chi connectivity index (χ0v) is 20.0. The van der Waals surface area contributed by atoms with E-state index in [1.165, 1.54) is 0 Å². The van der Waals surface area contributed by atoms with Crippen LogP contribution in [-0.2, 0) is 13.3 Å². The zero-order valence-electron chi connectivity index (χ0n) is 18.3. The van der Waals surface area contributed by atoms with Gasteiger partial charge in [0.05, 0.1) is 0 Å². The van der Waals surface area contributed by atoms with Gasteiger partial charge in [-0.2, -0.15) is 0 Å². The number of ether oxygens (including phenoxy) is 2.